The van der Waals surface area contributed by atoms with Crippen molar-refractivity contribution in [3.8, 4) is 0 Å². The summed E-state index contributed by atoms with van der Waals surface area (Å²) in [6.07, 6.45) is 5.46. The van der Waals surface area contributed by atoms with Crippen LogP contribution in [0.5, 0.6) is 0 Å². The zero-order chi connectivity index (χ0) is 8.81. The Morgan fingerprint density at radius 3 is 2.75 bits per heavy atom. The predicted molar refractivity (Wildman–Crippen MR) is 45.3 cm³/mol. The molecule has 0 aliphatic rings. The fourth-order valence-electron chi connectivity index (χ4n) is 0.780. The molecular formula is C9H11NO2. The number of hydrogen-bond donors (Lipinski definition) is 0. The maximum absolute atomic E-state index is 10.8. The molecule has 3 heteroatoms. The minimum atomic E-state index is -0.251. The number of hydrogen-bond acceptors (Lipinski definition) is 2. The molecule has 64 valence electrons. The normalized spacial score (nSPS) is 9.33. The van der Waals surface area contributed by atoms with Crippen molar-refractivity contribution < 1.29 is 9.53 Å². The molecule has 0 aliphatic heterocycles. The molecular weight excluding hydrogens is 154 g/mol. The predicted octanol–water partition coefficient (Wildman–Crippen LogP) is 1.56. The van der Waals surface area contributed by atoms with Crippen LogP contribution in [-0.2, 0) is 16.3 Å². The third-order valence-corrected chi connectivity index (χ3v) is 1.35. The highest BCUT2D eigenvalue weighted by molar-refractivity contribution is 5.70. The number of carbonyl (C=O) groups excluding carboxylic acids is 1. The summed E-state index contributed by atoms with van der Waals surface area (Å²) in [5, 5.41) is 0. The highest BCUT2D eigenvalue weighted by atomic mass is 16.5. The SMILES string of the molecule is C=CCC(=O)OCn1cccc1. The Kier molecular flexibility index (Phi) is 3.14. The van der Waals surface area contributed by atoms with E-state index in [9.17, 15) is 4.79 Å². The number of aromatic nitrogens is 1. The molecule has 0 amide bonds. The van der Waals surface area contributed by atoms with E-state index in [1.807, 2.05) is 24.5 Å². The van der Waals surface area contributed by atoms with Crippen LogP contribution in [0.2, 0.25) is 0 Å². The van der Waals surface area contributed by atoms with Crippen LogP contribution >= 0.6 is 0 Å². The van der Waals surface area contributed by atoms with E-state index >= 15 is 0 Å². The van der Waals surface area contributed by atoms with Crippen molar-refractivity contribution in [1.29, 1.82) is 0 Å². The third kappa shape index (κ3) is 2.62. The summed E-state index contributed by atoms with van der Waals surface area (Å²) in [4.78, 5) is 10.8. The quantitative estimate of drug-likeness (QED) is 0.501. The highest BCUT2D eigenvalue weighted by Gasteiger charge is 1.97. The first-order valence-electron chi connectivity index (χ1n) is 3.70. The lowest BCUT2D eigenvalue weighted by Crippen LogP contribution is -2.06. The molecule has 0 spiro atoms. The highest BCUT2D eigenvalue weighted by Crippen LogP contribution is 1.93. The van der Waals surface area contributed by atoms with Crippen LogP contribution in [-0.4, -0.2) is 10.5 Å². The van der Waals surface area contributed by atoms with E-state index in [0.717, 1.165) is 0 Å². The Morgan fingerprint density at radius 1 is 1.50 bits per heavy atom. The van der Waals surface area contributed by atoms with Crippen LogP contribution in [0, 0.1) is 0 Å². The van der Waals surface area contributed by atoms with Crippen LogP contribution in [0.25, 0.3) is 0 Å². The molecule has 1 aromatic heterocycles. The largest absolute Gasteiger partial charge is 0.444 e. The van der Waals surface area contributed by atoms with Gasteiger partial charge < -0.3 is 9.30 Å². The van der Waals surface area contributed by atoms with Gasteiger partial charge in [0.1, 0.15) is 0 Å². The molecule has 0 N–H and O–H groups in total. The Labute approximate surface area is 71.3 Å². The summed E-state index contributed by atoms with van der Waals surface area (Å²) in [5.74, 6) is -0.251. The summed E-state index contributed by atoms with van der Waals surface area (Å²) in [6, 6.07) is 3.75. The van der Waals surface area contributed by atoms with Crippen molar-refractivity contribution in [2.75, 3.05) is 0 Å². The van der Waals surface area contributed by atoms with Gasteiger partial charge in [0.15, 0.2) is 6.73 Å². The molecule has 1 heterocycles. The van der Waals surface area contributed by atoms with Gasteiger partial charge in [0.2, 0.25) is 0 Å². The fourth-order valence-corrected chi connectivity index (χ4v) is 0.780. The molecule has 0 unspecified atom stereocenters. The molecule has 0 aromatic carbocycles. The van der Waals surface area contributed by atoms with E-state index in [4.69, 9.17) is 4.74 Å². The first kappa shape index (κ1) is 8.59. The minimum absolute atomic E-state index is 0.251. The number of rotatable bonds is 4. The zero-order valence-corrected chi connectivity index (χ0v) is 6.77. The number of esters is 1. The number of nitrogens with zero attached hydrogens (tertiary/aromatic N) is 1. The monoisotopic (exact) mass is 165 g/mol. The van der Waals surface area contributed by atoms with Crippen LogP contribution in [0.3, 0.4) is 0 Å². The molecule has 0 aliphatic carbocycles. The smallest absolute Gasteiger partial charge is 0.311 e. The van der Waals surface area contributed by atoms with E-state index in [-0.39, 0.29) is 19.1 Å². The number of ether oxygens (including phenoxy) is 1. The molecule has 1 rings (SSSR count). The minimum Gasteiger partial charge on any atom is -0.444 e. The van der Waals surface area contributed by atoms with E-state index in [2.05, 4.69) is 6.58 Å². The van der Waals surface area contributed by atoms with Gasteiger partial charge >= 0.3 is 5.97 Å². The van der Waals surface area contributed by atoms with Gasteiger partial charge in [-0.3, -0.25) is 4.79 Å². The average molecular weight is 165 g/mol. The lowest BCUT2D eigenvalue weighted by Gasteiger charge is -2.03. The summed E-state index contributed by atoms with van der Waals surface area (Å²) < 4.78 is 6.66. The summed E-state index contributed by atoms with van der Waals surface area (Å²) in [7, 11) is 0. The van der Waals surface area contributed by atoms with E-state index < -0.39 is 0 Å². The van der Waals surface area contributed by atoms with Gasteiger partial charge in [-0.25, -0.2) is 0 Å². The molecule has 12 heavy (non-hydrogen) atoms. The topological polar surface area (TPSA) is 31.2 Å². The second kappa shape index (κ2) is 4.38. The second-order valence-corrected chi connectivity index (χ2v) is 2.34. The van der Waals surface area contributed by atoms with Crippen LogP contribution in [0.1, 0.15) is 6.42 Å². The van der Waals surface area contributed by atoms with Crippen molar-refractivity contribution in [3.05, 3.63) is 37.2 Å². The van der Waals surface area contributed by atoms with Crippen molar-refractivity contribution in [2.24, 2.45) is 0 Å². The van der Waals surface area contributed by atoms with Crippen molar-refractivity contribution >= 4 is 5.97 Å². The van der Waals surface area contributed by atoms with Gasteiger partial charge in [0.05, 0.1) is 6.42 Å². The summed E-state index contributed by atoms with van der Waals surface area (Å²) in [5.41, 5.74) is 0. The fraction of sp³-hybridized carbons (Fsp3) is 0.222. The Morgan fingerprint density at radius 2 is 2.17 bits per heavy atom. The first-order chi connectivity index (χ1) is 5.83. The second-order valence-electron chi connectivity index (χ2n) is 2.34. The standard InChI is InChI=1S/C9H11NO2/c1-2-5-9(11)12-8-10-6-3-4-7-10/h2-4,6-7H,1,5,8H2. The maximum Gasteiger partial charge on any atom is 0.311 e. The Balaban J connectivity index is 2.26. The van der Waals surface area contributed by atoms with Gasteiger partial charge in [0, 0.05) is 12.4 Å². The van der Waals surface area contributed by atoms with E-state index in [1.54, 1.807) is 4.57 Å². The molecule has 1 aromatic rings. The lowest BCUT2D eigenvalue weighted by atomic mass is 10.4. The van der Waals surface area contributed by atoms with Gasteiger partial charge in [-0.15, -0.1) is 6.58 Å². The van der Waals surface area contributed by atoms with Crippen LogP contribution < -0.4 is 0 Å². The van der Waals surface area contributed by atoms with Crippen molar-refractivity contribution in [3.63, 3.8) is 0 Å². The van der Waals surface area contributed by atoms with Crippen LogP contribution in [0.15, 0.2) is 37.2 Å². The van der Waals surface area contributed by atoms with Crippen molar-refractivity contribution in [1.82, 2.24) is 4.57 Å². The molecule has 0 fully saturated rings. The molecule has 3 nitrogen and oxygen atoms in total. The Bertz CT molecular complexity index is 252. The van der Waals surface area contributed by atoms with E-state index in [1.165, 1.54) is 6.08 Å². The maximum atomic E-state index is 10.8. The molecule has 0 atom stereocenters. The van der Waals surface area contributed by atoms with Gasteiger partial charge in [-0.2, -0.15) is 0 Å². The number of carbonyl (C=O) groups is 1. The molecule has 0 saturated heterocycles. The molecule has 0 bridgehead atoms. The molecule has 0 radical (unpaired) electrons. The van der Waals surface area contributed by atoms with Gasteiger partial charge in [-0.1, -0.05) is 6.08 Å². The van der Waals surface area contributed by atoms with E-state index in [0.29, 0.717) is 0 Å². The first-order valence-corrected chi connectivity index (χ1v) is 3.70. The van der Waals surface area contributed by atoms with Crippen LogP contribution in [0.4, 0.5) is 0 Å². The Hall–Kier alpha value is -1.51. The third-order valence-electron chi connectivity index (χ3n) is 1.35. The summed E-state index contributed by atoms with van der Waals surface area (Å²) in [6.45, 7) is 3.72. The van der Waals surface area contributed by atoms with Crippen molar-refractivity contribution in [2.45, 2.75) is 13.2 Å². The zero-order valence-electron chi connectivity index (χ0n) is 6.77. The lowest BCUT2D eigenvalue weighted by molar-refractivity contribution is -0.146. The molecule has 0 saturated carbocycles. The summed E-state index contributed by atoms with van der Waals surface area (Å²) >= 11 is 0. The van der Waals surface area contributed by atoms with Gasteiger partial charge in [0.25, 0.3) is 0 Å². The average Bonchev–Trinajstić information content (AvgIpc) is 2.53. The van der Waals surface area contributed by atoms with Gasteiger partial charge in [-0.05, 0) is 12.1 Å².